The molecule has 0 fully saturated rings. The first-order chi connectivity index (χ1) is 20.1. The lowest BCUT2D eigenvalue weighted by Gasteiger charge is -2.55. The summed E-state index contributed by atoms with van der Waals surface area (Å²) in [5.74, 6) is -2.16. The van der Waals surface area contributed by atoms with Crippen LogP contribution in [0.15, 0.2) is 78.4 Å². The lowest BCUT2D eigenvalue weighted by atomic mass is 9.61. The predicted molar refractivity (Wildman–Crippen MR) is 155 cm³/mol. The first kappa shape index (κ1) is 25.7. The summed E-state index contributed by atoms with van der Waals surface area (Å²) in [6.07, 6.45) is 6.14. The molecule has 8 heteroatoms. The van der Waals surface area contributed by atoms with Crippen molar-refractivity contribution in [2.75, 3.05) is 0 Å². The summed E-state index contributed by atoms with van der Waals surface area (Å²) in [6.45, 7) is 2.04. The molecule has 3 aliphatic rings. The Morgan fingerprint density at radius 2 is 1.40 bits per heavy atom. The summed E-state index contributed by atoms with van der Waals surface area (Å²) in [5, 5.41) is 62.8. The van der Waals surface area contributed by atoms with E-state index in [1.54, 1.807) is 42.5 Å². The second-order valence-electron chi connectivity index (χ2n) is 11.2. The highest BCUT2D eigenvalue weighted by molar-refractivity contribution is 5.75. The number of ether oxygens (including phenoxy) is 2. The third kappa shape index (κ3) is 3.90. The van der Waals surface area contributed by atoms with Crippen molar-refractivity contribution < 1.29 is 40.1 Å². The van der Waals surface area contributed by atoms with Crippen molar-refractivity contribution >= 4 is 12.2 Å². The second kappa shape index (κ2) is 9.14. The zero-order valence-electron chi connectivity index (χ0n) is 22.5. The Morgan fingerprint density at radius 3 is 2.17 bits per heavy atom. The molecular weight excluding hydrogens is 536 g/mol. The first-order valence-electron chi connectivity index (χ1n) is 13.6. The van der Waals surface area contributed by atoms with Crippen molar-refractivity contribution in [3.8, 4) is 46.0 Å². The van der Waals surface area contributed by atoms with E-state index >= 15 is 0 Å². The quantitative estimate of drug-likeness (QED) is 0.121. The first-order valence-corrected chi connectivity index (χ1v) is 13.6. The molecule has 42 heavy (non-hydrogen) atoms. The van der Waals surface area contributed by atoms with Crippen LogP contribution in [0.4, 0.5) is 0 Å². The zero-order chi connectivity index (χ0) is 29.3. The molecule has 2 heterocycles. The van der Waals surface area contributed by atoms with Gasteiger partial charge in [-0.3, -0.25) is 0 Å². The number of hydrogen-bond donors (Lipinski definition) is 6. The van der Waals surface area contributed by atoms with Crippen molar-refractivity contribution in [1.29, 1.82) is 0 Å². The fourth-order valence-corrected chi connectivity index (χ4v) is 6.78. The molecule has 0 bridgehead atoms. The van der Waals surface area contributed by atoms with E-state index in [1.165, 1.54) is 30.3 Å². The molecule has 0 spiro atoms. The van der Waals surface area contributed by atoms with E-state index in [0.717, 1.165) is 11.1 Å². The van der Waals surface area contributed by atoms with Gasteiger partial charge in [0.15, 0.2) is 0 Å². The maximum Gasteiger partial charge on any atom is 0.285 e. The van der Waals surface area contributed by atoms with Gasteiger partial charge >= 0.3 is 0 Å². The maximum atomic E-state index is 11.4. The average Bonchev–Trinajstić information content (AvgIpc) is 2.91. The third-order valence-electron chi connectivity index (χ3n) is 8.49. The molecule has 4 atom stereocenters. The van der Waals surface area contributed by atoms with Crippen LogP contribution in [-0.4, -0.2) is 30.6 Å². The molecule has 1 aliphatic carbocycles. The number of phenolic OH excluding ortho intramolecular Hbond substituents is 6. The summed E-state index contributed by atoms with van der Waals surface area (Å²) >= 11 is 0. The largest absolute Gasteiger partial charge is 0.508 e. The zero-order valence-corrected chi connectivity index (χ0v) is 22.5. The van der Waals surface area contributed by atoms with E-state index in [9.17, 15) is 30.6 Å². The van der Waals surface area contributed by atoms with Crippen LogP contribution in [0, 0.1) is 5.92 Å². The van der Waals surface area contributed by atoms with Crippen molar-refractivity contribution in [1.82, 2.24) is 0 Å². The Bertz CT molecular complexity index is 1820. The van der Waals surface area contributed by atoms with Crippen LogP contribution in [0.1, 0.15) is 53.0 Å². The molecule has 7 rings (SSSR count). The summed E-state index contributed by atoms with van der Waals surface area (Å²) in [4.78, 5) is 0. The minimum atomic E-state index is -1.57. The average molecular weight is 565 g/mol. The van der Waals surface area contributed by atoms with Crippen LogP contribution in [0.2, 0.25) is 0 Å². The van der Waals surface area contributed by atoms with Crippen molar-refractivity contribution in [3.63, 3.8) is 0 Å². The molecule has 4 unspecified atom stereocenters. The normalized spacial score (nSPS) is 23.6. The number of allylic oxidation sites excluding steroid dienone is 2. The highest BCUT2D eigenvalue weighted by Gasteiger charge is 2.61. The molecule has 4 aromatic rings. The molecule has 0 radical (unpaired) electrons. The van der Waals surface area contributed by atoms with Gasteiger partial charge in [0.1, 0.15) is 46.0 Å². The van der Waals surface area contributed by atoms with E-state index in [0.29, 0.717) is 40.2 Å². The summed E-state index contributed by atoms with van der Waals surface area (Å²) in [7, 11) is 0. The Balaban J connectivity index is 1.44. The molecule has 0 aromatic heterocycles. The van der Waals surface area contributed by atoms with Gasteiger partial charge in [-0.25, -0.2) is 0 Å². The summed E-state index contributed by atoms with van der Waals surface area (Å²) in [6, 6.07) is 16.9. The number of rotatable bonds is 3. The number of hydrogen-bond acceptors (Lipinski definition) is 8. The highest BCUT2D eigenvalue weighted by Crippen LogP contribution is 2.65. The van der Waals surface area contributed by atoms with Gasteiger partial charge < -0.3 is 40.1 Å². The minimum Gasteiger partial charge on any atom is -0.508 e. The van der Waals surface area contributed by atoms with Gasteiger partial charge in [-0.05, 0) is 66.9 Å². The van der Waals surface area contributed by atoms with Crippen molar-refractivity contribution in [2.45, 2.75) is 31.0 Å². The fourth-order valence-electron chi connectivity index (χ4n) is 6.78. The standard InChI is InChI=1S/C34H28O8/c1-17-10-24-23-8-6-22(37)16-30(23)41-34(26-9-7-21(36)15-28(26)39)33(24)25(11-17)32-29(40)12-18(13-31(32)42-34)2-3-19-4-5-20(35)14-27(19)38/h2-9,11-16,24-25,33,35-40H,10H2,1H3. The van der Waals surface area contributed by atoms with Gasteiger partial charge in [0.05, 0.1) is 11.5 Å². The van der Waals surface area contributed by atoms with Crippen molar-refractivity contribution in [3.05, 3.63) is 106 Å². The van der Waals surface area contributed by atoms with Gasteiger partial charge in [0, 0.05) is 41.2 Å². The van der Waals surface area contributed by atoms with E-state index in [2.05, 4.69) is 6.08 Å². The van der Waals surface area contributed by atoms with E-state index in [-0.39, 0.29) is 46.3 Å². The van der Waals surface area contributed by atoms with E-state index < -0.39 is 11.7 Å². The lowest BCUT2D eigenvalue weighted by molar-refractivity contribution is -0.198. The molecule has 4 aromatic carbocycles. The molecule has 8 nitrogen and oxygen atoms in total. The number of aromatic hydroxyl groups is 6. The summed E-state index contributed by atoms with van der Waals surface area (Å²) < 4.78 is 13.4. The fraction of sp³-hybridized carbons (Fsp3) is 0.176. The minimum absolute atomic E-state index is 0.0238. The SMILES string of the molecule is CC1=CC2c3c(O)cc(C=Cc4ccc(O)cc4O)cc3OC3(c4ccc(O)cc4O)Oc4cc(O)ccc4C(C1)C23. The van der Waals surface area contributed by atoms with Crippen LogP contribution in [0.3, 0.4) is 0 Å². The van der Waals surface area contributed by atoms with Crippen LogP contribution in [0.25, 0.3) is 12.2 Å². The second-order valence-corrected chi connectivity index (χ2v) is 11.2. The molecule has 2 aliphatic heterocycles. The molecule has 212 valence electrons. The molecule has 6 N–H and O–H groups in total. The van der Waals surface area contributed by atoms with Crippen LogP contribution in [0.5, 0.6) is 46.0 Å². The Kier molecular flexibility index (Phi) is 5.59. The van der Waals surface area contributed by atoms with E-state index in [4.69, 9.17) is 9.47 Å². The predicted octanol–water partition coefficient (Wildman–Crippen LogP) is 6.56. The van der Waals surface area contributed by atoms with Crippen LogP contribution in [-0.2, 0) is 5.79 Å². The van der Waals surface area contributed by atoms with Gasteiger partial charge in [0.25, 0.3) is 5.79 Å². The van der Waals surface area contributed by atoms with Gasteiger partial charge in [-0.15, -0.1) is 0 Å². The summed E-state index contributed by atoms with van der Waals surface area (Å²) in [5.41, 5.74) is 3.95. The smallest absolute Gasteiger partial charge is 0.285 e. The number of phenols is 6. The molecule has 0 saturated heterocycles. The Morgan fingerprint density at radius 1 is 0.714 bits per heavy atom. The molecular formula is C34H28O8. The van der Waals surface area contributed by atoms with Gasteiger partial charge in [-0.1, -0.05) is 29.9 Å². The highest BCUT2D eigenvalue weighted by atomic mass is 16.7. The monoisotopic (exact) mass is 564 g/mol. The van der Waals surface area contributed by atoms with Crippen LogP contribution >= 0.6 is 0 Å². The molecule has 0 amide bonds. The number of benzene rings is 4. The topological polar surface area (TPSA) is 140 Å². The third-order valence-corrected chi connectivity index (χ3v) is 8.49. The number of fused-ring (bicyclic) bond motifs is 4. The lowest BCUT2D eigenvalue weighted by Crippen LogP contribution is -2.56. The Labute approximate surface area is 241 Å². The van der Waals surface area contributed by atoms with Gasteiger partial charge in [0.2, 0.25) is 0 Å². The van der Waals surface area contributed by atoms with Crippen molar-refractivity contribution in [2.24, 2.45) is 5.92 Å². The van der Waals surface area contributed by atoms with E-state index in [1.807, 2.05) is 13.0 Å². The van der Waals surface area contributed by atoms with Crippen LogP contribution < -0.4 is 9.47 Å². The maximum absolute atomic E-state index is 11.4. The molecule has 0 saturated carbocycles. The van der Waals surface area contributed by atoms with Gasteiger partial charge in [-0.2, -0.15) is 0 Å². The Hall–Kier alpha value is -5.24.